The lowest BCUT2D eigenvalue weighted by molar-refractivity contribution is 0.922. The van der Waals surface area contributed by atoms with Crippen LogP contribution in [0.4, 0.5) is 0 Å². The van der Waals surface area contributed by atoms with E-state index in [1.54, 1.807) is 0 Å². The molecule has 1 heterocycles. The standard InChI is InChI=1S/C20H22N2/c1-3-5-6-8-19-15-21-20(22-16-19)14-13-18-11-9-17(7-4-2)10-12-18/h6,8-12,15-16H,3-5,7H2,1-2H3. The van der Waals surface area contributed by atoms with Gasteiger partial charge in [-0.2, -0.15) is 0 Å². The summed E-state index contributed by atoms with van der Waals surface area (Å²) in [7, 11) is 0. The maximum Gasteiger partial charge on any atom is 0.205 e. The molecule has 0 unspecified atom stereocenters. The number of rotatable bonds is 5. The van der Waals surface area contributed by atoms with Gasteiger partial charge >= 0.3 is 0 Å². The Morgan fingerprint density at radius 1 is 0.955 bits per heavy atom. The Kier molecular flexibility index (Phi) is 6.39. The topological polar surface area (TPSA) is 25.8 Å². The van der Waals surface area contributed by atoms with E-state index in [9.17, 15) is 0 Å². The van der Waals surface area contributed by atoms with E-state index in [0.717, 1.165) is 36.8 Å². The second kappa shape index (κ2) is 8.79. The molecule has 0 saturated heterocycles. The summed E-state index contributed by atoms with van der Waals surface area (Å²) in [6, 6.07) is 8.38. The van der Waals surface area contributed by atoms with Gasteiger partial charge in [-0.1, -0.05) is 56.9 Å². The summed E-state index contributed by atoms with van der Waals surface area (Å²) in [5, 5.41) is 0. The second-order valence-electron chi connectivity index (χ2n) is 5.23. The first kappa shape index (κ1) is 16.0. The minimum absolute atomic E-state index is 0.560. The maximum absolute atomic E-state index is 4.28. The molecule has 2 aromatic rings. The van der Waals surface area contributed by atoms with Crippen molar-refractivity contribution in [1.29, 1.82) is 0 Å². The monoisotopic (exact) mass is 290 g/mol. The molecule has 1 aromatic carbocycles. The molecule has 0 atom stereocenters. The molecule has 1 aromatic heterocycles. The molecule has 2 nitrogen and oxygen atoms in total. The van der Waals surface area contributed by atoms with Crippen molar-refractivity contribution < 1.29 is 0 Å². The highest BCUT2D eigenvalue weighted by molar-refractivity contribution is 5.47. The summed E-state index contributed by atoms with van der Waals surface area (Å²) in [4.78, 5) is 8.57. The van der Waals surface area contributed by atoms with Crippen molar-refractivity contribution in [3.63, 3.8) is 0 Å². The van der Waals surface area contributed by atoms with Crippen LogP contribution >= 0.6 is 0 Å². The fourth-order valence-corrected chi connectivity index (χ4v) is 2.05. The molecule has 0 aliphatic rings. The van der Waals surface area contributed by atoms with Crippen LogP contribution in [0.3, 0.4) is 0 Å². The van der Waals surface area contributed by atoms with Crippen molar-refractivity contribution in [3.05, 3.63) is 65.2 Å². The van der Waals surface area contributed by atoms with E-state index in [4.69, 9.17) is 0 Å². The van der Waals surface area contributed by atoms with Crippen LogP contribution in [0.5, 0.6) is 0 Å². The summed E-state index contributed by atoms with van der Waals surface area (Å²) >= 11 is 0. The third kappa shape index (κ3) is 5.18. The quantitative estimate of drug-likeness (QED) is 0.750. The van der Waals surface area contributed by atoms with E-state index in [2.05, 4.69) is 66.0 Å². The molecule has 0 N–H and O–H groups in total. The summed E-state index contributed by atoms with van der Waals surface area (Å²) in [6.45, 7) is 4.35. The molecule has 0 amide bonds. The summed E-state index contributed by atoms with van der Waals surface area (Å²) < 4.78 is 0. The molecule has 0 fully saturated rings. The van der Waals surface area contributed by atoms with Crippen LogP contribution in [0.15, 0.2) is 42.7 Å². The average Bonchev–Trinajstić information content (AvgIpc) is 2.56. The van der Waals surface area contributed by atoms with Gasteiger partial charge in [0.2, 0.25) is 5.82 Å². The van der Waals surface area contributed by atoms with Crippen molar-refractivity contribution in [2.45, 2.75) is 39.5 Å². The molecular weight excluding hydrogens is 268 g/mol. The summed E-state index contributed by atoms with van der Waals surface area (Å²) in [6.07, 6.45) is 12.3. The van der Waals surface area contributed by atoms with Crippen LogP contribution in [-0.4, -0.2) is 9.97 Å². The number of unbranched alkanes of at least 4 members (excludes halogenated alkanes) is 1. The SMILES string of the molecule is CCCC=Cc1cnc(C#Cc2ccc(CCC)cc2)nc1. The van der Waals surface area contributed by atoms with Crippen molar-refractivity contribution in [3.8, 4) is 11.8 Å². The smallest absolute Gasteiger partial charge is 0.205 e. The predicted octanol–water partition coefficient (Wildman–Crippen LogP) is 4.64. The molecule has 0 aliphatic carbocycles. The van der Waals surface area contributed by atoms with Crippen LogP contribution < -0.4 is 0 Å². The third-order valence-electron chi connectivity index (χ3n) is 3.25. The second-order valence-corrected chi connectivity index (χ2v) is 5.23. The first-order valence-electron chi connectivity index (χ1n) is 7.91. The molecule has 22 heavy (non-hydrogen) atoms. The minimum Gasteiger partial charge on any atom is -0.229 e. The molecule has 112 valence electrons. The van der Waals surface area contributed by atoms with Gasteiger partial charge in [0.15, 0.2) is 0 Å². The van der Waals surface area contributed by atoms with E-state index in [1.807, 2.05) is 18.5 Å². The molecular formula is C20H22N2. The zero-order chi connectivity index (χ0) is 15.6. The Balaban J connectivity index is 2.01. The van der Waals surface area contributed by atoms with Crippen molar-refractivity contribution in [2.75, 3.05) is 0 Å². The van der Waals surface area contributed by atoms with E-state index < -0.39 is 0 Å². The molecule has 2 heteroatoms. The van der Waals surface area contributed by atoms with Crippen LogP contribution in [0.2, 0.25) is 0 Å². The van der Waals surface area contributed by atoms with Crippen molar-refractivity contribution in [2.24, 2.45) is 0 Å². The zero-order valence-corrected chi connectivity index (χ0v) is 13.3. The van der Waals surface area contributed by atoms with Gasteiger partial charge in [-0.3, -0.25) is 0 Å². The Labute approximate surface area is 133 Å². The van der Waals surface area contributed by atoms with Crippen LogP contribution in [0.25, 0.3) is 6.08 Å². The van der Waals surface area contributed by atoms with Crippen LogP contribution in [0, 0.1) is 11.8 Å². The Morgan fingerprint density at radius 2 is 1.68 bits per heavy atom. The highest BCUT2D eigenvalue weighted by atomic mass is 14.8. The molecule has 0 radical (unpaired) electrons. The normalized spacial score (nSPS) is 10.5. The van der Waals surface area contributed by atoms with Gasteiger partial charge in [-0.05, 0) is 36.5 Å². The lowest BCUT2D eigenvalue weighted by Crippen LogP contribution is -1.89. The Morgan fingerprint density at radius 3 is 2.32 bits per heavy atom. The molecule has 0 spiro atoms. The van der Waals surface area contributed by atoms with Gasteiger partial charge in [-0.15, -0.1) is 0 Å². The van der Waals surface area contributed by atoms with Crippen molar-refractivity contribution >= 4 is 6.08 Å². The van der Waals surface area contributed by atoms with Gasteiger partial charge in [-0.25, -0.2) is 9.97 Å². The minimum atomic E-state index is 0.560. The van der Waals surface area contributed by atoms with Crippen molar-refractivity contribution in [1.82, 2.24) is 9.97 Å². The van der Waals surface area contributed by atoms with E-state index in [0.29, 0.717) is 5.82 Å². The number of hydrogen-bond acceptors (Lipinski definition) is 2. The summed E-state index contributed by atoms with van der Waals surface area (Å²) in [5.41, 5.74) is 3.37. The number of aromatic nitrogens is 2. The van der Waals surface area contributed by atoms with Gasteiger partial charge in [0.1, 0.15) is 0 Å². The summed E-state index contributed by atoms with van der Waals surface area (Å²) in [5.74, 6) is 6.68. The Bertz CT molecular complexity index is 656. The number of aryl methyl sites for hydroxylation is 1. The van der Waals surface area contributed by atoms with E-state index in [-0.39, 0.29) is 0 Å². The van der Waals surface area contributed by atoms with Gasteiger partial charge in [0.25, 0.3) is 0 Å². The number of benzene rings is 1. The van der Waals surface area contributed by atoms with E-state index >= 15 is 0 Å². The third-order valence-corrected chi connectivity index (χ3v) is 3.25. The number of allylic oxidation sites excluding steroid dienone is 1. The molecule has 2 rings (SSSR count). The van der Waals surface area contributed by atoms with Gasteiger partial charge in [0, 0.05) is 23.5 Å². The van der Waals surface area contributed by atoms with Crippen LogP contribution in [-0.2, 0) is 6.42 Å². The predicted molar refractivity (Wildman–Crippen MR) is 92.4 cm³/mol. The first-order chi connectivity index (χ1) is 10.8. The molecule has 0 aliphatic heterocycles. The molecule has 0 bridgehead atoms. The zero-order valence-electron chi connectivity index (χ0n) is 13.3. The first-order valence-corrected chi connectivity index (χ1v) is 7.91. The Hall–Kier alpha value is -2.40. The highest BCUT2D eigenvalue weighted by Crippen LogP contribution is 2.06. The number of hydrogen-bond donors (Lipinski definition) is 0. The molecule has 0 saturated carbocycles. The largest absolute Gasteiger partial charge is 0.229 e. The van der Waals surface area contributed by atoms with Gasteiger partial charge < -0.3 is 0 Å². The maximum atomic E-state index is 4.28. The average molecular weight is 290 g/mol. The fraction of sp³-hybridized carbons (Fsp3) is 0.300. The number of nitrogens with zero attached hydrogens (tertiary/aromatic N) is 2. The highest BCUT2D eigenvalue weighted by Gasteiger charge is 1.93. The van der Waals surface area contributed by atoms with Gasteiger partial charge in [0.05, 0.1) is 0 Å². The lowest BCUT2D eigenvalue weighted by Gasteiger charge is -1.97. The fourth-order valence-electron chi connectivity index (χ4n) is 2.05. The van der Waals surface area contributed by atoms with Crippen LogP contribution in [0.1, 0.15) is 55.6 Å². The lowest BCUT2D eigenvalue weighted by atomic mass is 10.1. The van der Waals surface area contributed by atoms with E-state index in [1.165, 1.54) is 5.56 Å².